The van der Waals surface area contributed by atoms with Crippen LogP contribution in [0.3, 0.4) is 0 Å². The third kappa shape index (κ3) is 4.64. The minimum Gasteiger partial charge on any atom is -0.504 e. The van der Waals surface area contributed by atoms with Crippen molar-refractivity contribution in [1.82, 2.24) is 5.43 Å². The molecule has 1 heterocycles. The van der Waals surface area contributed by atoms with Gasteiger partial charge in [-0.2, -0.15) is 5.10 Å². The van der Waals surface area contributed by atoms with Crippen LogP contribution in [0.15, 0.2) is 54.2 Å². The number of non-ortho nitro benzene ring substituents is 1. The van der Waals surface area contributed by atoms with Crippen LogP contribution in [0.5, 0.6) is 11.5 Å². The summed E-state index contributed by atoms with van der Waals surface area (Å²) in [7, 11) is 0. The lowest BCUT2D eigenvalue weighted by atomic mass is 10.1. The summed E-state index contributed by atoms with van der Waals surface area (Å²) in [5.74, 6) is -0.0433. The van der Waals surface area contributed by atoms with E-state index in [0.29, 0.717) is 40.2 Å². The van der Waals surface area contributed by atoms with Crippen LogP contribution in [0, 0.1) is 10.1 Å². The first kappa shape index (κ1) is 21.0. The van der Waals surface area contributed by atoms with Crippen LogP contribution in [0.1, 0.15) is 27.7 Å². The Labute approximate surface area is 176 Å². The number of ether oxygens (including phenoxy) is 1. The van der Waals surface area contributed by atoms with Crippen LogP contribution < -0.4 is 10.2 Å². The van der Waals surface area contributed by atoms with Gasteiger partial charge in [0.05, 0.1) is 22.6 Å². The highest BCUT2D eigenvalue weighted by Gasteiger charge is 2.13. The number of benzene rings is 2. The van der Waals surface area contributed by atoms with Gasteiger partial charge in [-0.15, -0.1) is 17.9 Å². The number of nitro groups is 1. The predicted octanol–water partition coefficient (Wildman–Crippen LogP) is 4.41. The number of allylic oxidation sites excluding steroid dienone is 1. The lowest BCUT2D eigenvalue weighted by Gasteiger charge is -2.10. The number of rotatable bonds is 8. The van der Waals surface area contributed by atoms with Crippen LogP contribution in [-0.4, -0.2) is 28.8 Å². The molecule has 30 heavy (non-hydrogen) atoms. The first-order valence-electron chi connectivity index (χ1n) is 9.04. The second-order valence-corrected chi connectivity index (χ2v) is 7.33. The third-order valence-corrected chi connectivity index (χ3v) is 5.27. The molecule has 3 aromatic rings. The van der Waals surface area contributed by atoms with Gasteiger partial charge in [0, 0.05) is 27.8 Å². The van der Waals surface area contributed by atoms with Crippen LogP contribution in [0.4, 0.5) is 5.69 Å². The van der Waals surface area contributed by atoms with E-state index in [2.05, 4.69) is 17.1 Å². The smallest absolute Gasteiger partial charge is 0.281 e. The van der Waals surface area contributed by atoms with Crippen LogP contribution in [-0.2, 0) is 6.42 Å². The molecular formula is C21H19N3O5S. The molecule has 9 heteroatoms. The molecule has 0 saturated heterocycles. The van der Waals surface area contributed by atoms with Crippen LogP contribution in [0.2, 0.25) is 0 Å². The molecule has 0 spiro atoms. The van der Waals surface area contributed by atoms with E-state index in [1.807, 2.05) is 6.92 Å². The van der Waals surface area contributed by atoms with Crippen molar-refractivity contribution in [2.75, 3.05) is 6.61 Å². The van der Waals surface area contributed by atoms with Gasteiger partial charge in [0.15, 0.2) is 11.5 Å². The Morgan fingerprint density at radius 2 is 2.17 bits per heavy atom. The molecule has 0 saturated carbocycles. The molecule has 1 aromatic heterocycles. The van der Waals surface area contributed by atoms with Crippen molar-refractivity contribution in [3.63, 3.8) is 0 Å². The molecule has 2 aromatic carbocycles. The number of thiophene rings is 1. The molecule has 0 radical (unpaired) electrons. The predicted molar refractivity (Wildman–Crippen MR) is 117 cm³/mol. The number of hydrogen-bond donors (Lipinski definition) is 2. The zero-order valence-electron chi connectivity index (χ0n) is 16.1. The summed E-state index contributed by atoms with van der Waals surface area (Å²) >= 11 is 1.22. The van der Waals surface area contributed by atoms with Crippen molar-refractivity contribution in [3.05, 3.63) is 75.2 Å². The van der Waals surface area contributed by atoms with E-state index in [9.17, 15) is 20.0 Å². The van der Waals surface area contributed by atoms with Crippen LogP contribution in [0.25, 0.3) is 10.1 Å². The van der Waals surface area contributed by atoms with Gasteiger partial charge in [0.25, 0.3) is 11.6 Å². The normalized spacial score (nSPS) is 11.0. The van der Waals surface area contributed by atoms with Gasteiger partial charge < -0.3 is 9.84 Å². The first-order valence-corrected chi connectivity index (χ1v) is 9.85. The van der Waals surface area contributed by atoms with Crippen molar-refractivity contribution < 1.29 is 19.6 Å². The van der Waals surface area contributed by atoms with Crippen molar-refractivity contribution in [1.29, 1.82) is 0 Å². The highest BCUT2D eigenvalue weighted by Crippen LogP contribution is 2.32. The van der Waals surface area contributed by atoms with Crippen molar-refractivity contribution in [2.24, 2.45) is 5.10 Å². The Balaban J connectivity index is 1.77. The SMILES string of the molecule is C=CCc1cc(C=NNC(=O)c2cc3cc([N+](=O)[O-])ccc3s2)cc(OCC)c1O. The highest BCUT2D eigenvalue weighted by molar-refractivity contribution is 7.20. The van der Waals surface area contributed by atoms with Gasteiger partial charge in [-0.1, -0.05) is 6.08 Å². The van der Waals surface area contributed by atoms with E-state index in [1.54, 1.807) is 30.3 Å². The molecule has 0 fully saturated rings. The number of phenolic OH excluding ortho intramolecular Hbond substituents is 1. The van der Waals surface area contributed by atoms with E-state index < -0.39 is 10.8 Å². The van der Waals surface area contributed by atoms with Gasteiger partial charge in [-0.05, 0) is 43.2 Å². The molecule has 0 atom stereocenters. The van der Waals surface area contributed by atoms with Crippen molar-refractivity contribution in [3.8, 4) is 11.5 Å². The van der Waals surface area contributed by atoms with E-state index >= 15 is 0 Å². The number of nitrogens with zero attached hydrogens (tertiary/aromatic N) is 2. The molecular weight excluding hydrogens is 406 g/mol. The fourth-order valence-corrected chi connectivity index (χ4v) is 3.75. The summed E-state index contributed by atoms with van der Waals surface area (Å²) in [5.41, 5.74) is 3.69. The van der Waals surface area contributed by atoms with Gasteiger partial charge in [0.1, 0.15) is 0 Å². The number of nitro benzene ring substituents is 1. The number of carbonyl (C=O) groups is 1. The number of carbonyl (C=O) groups excluding carboxylic acids is 1. The number of aromatic hydroxyl groups is 1. The van der Waals surface area contributed by atoms with Gasteiger partial charge in [-0.3, -0.25) is 14.9 Å². The second-order valence-electron chi connectivity index (χ2n) is 6.24. The zero-order chi connectivity index (χ0) is 21.7. The topological polar surface area (TPSA) is 114 Å². The second kappa shape index (κ2) is 9.19. The molecule has 0 aliphatic carbocycles. The Morgan fingerprint density at radius 1 is 1.37 bits per heavy atom. The maximum absolute atomic E-state index is 12.4. The number of amides is 1. The number of phenols is 1. The number of hydrogen-bond acceptors (Lipinski definition) is 7. The lowest BCUT2D eigenvalue weighted by Crippen LogP contribution is -2.16. The standard InChI is InChI=1S/C21H19N3O5S/c1-3-5-14-8-13(9-17(20(14)25)29-4-2)12-22-23-21(26)19-11-15-10-16(24(27)28)6-7-18(15)30-19/h3,6-12,25H,1,4-5H2,2H3,(H,23,26). The first-order chi connectivity index (χ1) is 14.4. The molecule has 1 amide bonds. The number of fused-ring (bicyclic) bond motifs is 1. The summed E-state index contributed by atoms with van der Waals surface area (Å²) in [6.07, 6.45) is 3.57. The minimum absolute atomic E-state index is 0.0296. The molecule has 0 aliphatic rings. The Kier molecular flexibility index (Phi) is 6.43. The monoisotopic (exact) mass is 425 g/mol. The molecule has 0 bridgehead atoms. The fraction of sp³-hybridized carbons (Fsp3) is 0.143. The molecule has 154 valence electrons. The number of nitrogens with one attached hydrogen (secondary N) is 1. The van der Waals surface area contributed by atoms with Crippen LogP contribution >= 0.6 is 11.3 Å². The van der Waals surface area contributed by atoms with Gasteiger partial charge in [-0.25, -0.2) is 5.43 Å². The maximum Gasteiger partial charge on any atom is 0.281 e. The summed E-state index contributed by atoms with van der Waals surface area (Å²) in [5, 5.41) is 25.7. The Bertz CT molecular complexity index is 1150. The summed E-state index contributed by atoms with van der Waals surface area (Å²) in [4.78, 5) is 23.2. The highest BCUT2D eigenvalue weighted by atomic mass is 32.1. The third-order valence-electron chi connectivity index (χ3n) is 4.15. The average Bonchev–Trinajstić information content (AvgIpc) is 3.15. The number of hydrazone groups is 1. The molecule has 8 nitrogen and oxygen atoms in total. The Morgan fingerprint density at radius 3 is 2.87 bits per heavy atom. The quantitative estimate of drug-likeness (QED) is 0.240. The van der Waals surface area contributed by atoms with Gasteiger partial charge >= 0.3 is 0 Å². The van der Waals surface area contributed by atoms with E-state index in [1.165, 1.54) is 29.7 Å². The van der Waals surface area contributed by atoms with E-state index in [-0.39, 0.29) is 11.4 Å². The van der Waals surface area contributed by atoms with E-state index in [0.717, 1.165) is 4.70 Å². The molecule has 0 aliphatic heterocycles. The van der Waals surface area contributed by atoms with Crippen molar-refractivity contribution in [2.45, 2.75) is 13.3 Å². The largest absolute Gasteiger partial charge is 0.504 e. The fourth-order valence-electron chi connectivity index (χ4n) is 2.82. The zero-order valence-corrected chi connectivity index (χ0v) is 16.9. The molecule has 2 N–H and O–H groups in total. The summed E-state index contributed by atoms with van der Waals surface area (Å²) in [6, 6.07) is 9.39. The van der Waals surface area contributed by atoms with Gasteiger partial charge in [0.2, 0.25) is 0 Å². The lowest BCUT2D eigenvalue weighted by molar-refractivity contribution is -0.384. The molecule has 3 rings (SSSR count). The minimum atomic E-state index is -0.476. The van der Waals surface area contributed by atoms with Crippen molar-refractivity contribution >= 4 is 39.2 Å². The maximum atomic E-state index is 12.4. The Hall–Kier alpha value is -3.72. The van der Waals surface area contributed by atoms with E-state index in [4.69, 9.17) is 4.74 Å². The summed E-state index contributed by atoms with van der Waals surface area (Å²) in [6.45, 7) is 5.88. The summed E-state index contributed by atoms with van der Waals surface area (Å²) < 4.78 is 6.21. The molecule has 0 unspecified atom stereocenters. The average molecular weight is 425 g/mol.